The molecule has 0 saturated heterocycles. The molecule has 0 bridgehead atoms. The lowest BCUT2D eigenvalue weighted by atomic mass is 9.96. The highest BCUT2D eigenvalue weighted by Crippen LogP contribution is 2.18. The molecule has 84 valence electrons. The Morgan fingerprint density at radius 3 is 2.60 bits per heavy atom. The van der Waals surface area contributed by atoms with E-state index in [4.69, 9.17) is 4.74 Å². The molecule has 0 amide bonds. The zero-order valence-corrected chi connectivity index (χ0v) is 9.36. The molecule has 0 heterocycles. The smallest absolute Gasteiger partial charge is 0.0992 e. The zero-order valence-electron chi connectivity index (χ0n) is 9.36. The second-order valence-corrected chi connectivity index (χ2v) is 3.81. The summed E-state index contributed by atoms with van der Waals surface area (Å²) < 4.78 is 4.92. The molecule has 0 fully saturated rings. The molecule has 3 nitrogen and oxygen atoms in total. The molecular weight excluding hydrogens is 190 g/mol. The van der Waals surface area contributed by atoms with Crippen LogP contribution in [-0.4, -0.2) is 31.9 Å². The number of benzene rings is 1. The van der Waals surface area contributed by atoms with Gasteiger partial charge in [-0.25, -0.2) is 0 Å². The van der Waals surface area contributed by atoms with E-state index in [1.165, 1.54) is 0 Å². The number of nitrogens with one attached hydrogen (secondary N) is 1. The van der Waals surface area contributed by atoms with Gasteiger partial charge in [0.1, 0.15) is 0 Å². The van der Waals surface area contributed by atoms with E-state index in [1.807, 2.05) is 37.3 Å². The second-order valence-electron chi connectivity index (χ2n) is 3.81. The molecule has 0 aliphatic heterocycles. The van der Waals surface area contributed by atoms with Gasteiger partial charge in [-0.1, -0.05) is 30.3 Å². The highest BCUT2D eigenvalue weighted by atomic mass is 16.5. The van der Waals surface area contributed by atoms with E-state index >= 15 is 0 Å². The van der Waals surface area contributed by atoms with Gasteiger partial charge in [0, 0.05) is 20.2 Å². The summed E-state index contributed by atoms with van der Waals surface area (Å²) in [5.74, 6) is 0. The van der Waals surface area contributed by atoms with Crippen LogP contribution in [-0.2, 0) is 10.3 Å². The van der Waals surface area contributed by atoms with Crippen LogP contribution in [0.25, 0.3) is 0 Å². The summed E-state index contributed by atoms with van der Waals surface area (Å²) in [4.78, 5) is 0. The molecule has 0 unspecified atom stereocenters. The molecule has 3 heteroatoms. The van der Waals surface area contributed by atoms with Crippen molar-refractivity contribution in [1.29, 1.82) is 0 Å². The van der Waals surface area contributed by atoms with Gasteiger partial charge < -0.3 is 15.2 Å². The maximum Gasteiger partial charge on any atom is 0.0992 e. The van der Waals surface area contributed by atoms with Gasteiger partial charge in [-0.2, -0.15) is 0 Å². The summed E-state index contributed by atoms with van der Waals surface area (Å²) in [5, 5.41) is 13.3. The topological polar surface area (TPSA) is 41.5 Å². The normalized spacial score (nSPS) is 14.9. The van der Waals surface area contributed by atoms with Gasteiger partial charge in [0.05, 0.1) is 12.2 Å². The van der Waals surface area contributed by atoms with Gasteiger partial charge >= 0.3 is 0 Å². The van der Waals surface area contributed by atoms with E-state index in [0.717, 1.165) is 12.1 Å². The summed E-state index contributed by atoms with van der Waals surface area (Å²) in [6.07, 6.45) is 0. The van der Waals surface area contributed by atoms with E-state index < -0.39 is 5.60 Å². The molecule has 0 aliphatic carbocycles. The average Bonchev–Trinajstić information content (AvgIpc) is 2.26. The van der Waals surface area contributed by atoms with Gasteiger partial charge in [0.15, 0.2) is 0 Å². The summed E-state index contributed by atoms with van der Waals surface area (Å²) in [7, 11) is 1.66. The first-order chi connectivity index (χ1) is 7.17. The third-order valence-electron chi connectivity index (χ3n) is 2.35. The van der Waals surface area contributed by atoms with E-state index in [-0.39, 0.29) is 0 Å². The predicted molar refractivity (Wildman–Crippen MR) is 60.8 cm³/mol. The molecule has 1 rings (SSSR count). The SMILES string of the molecule is COCCNC[C@@](C)(O)c1ccccc1. The van der Waals surface area contributed by atoms with Crippen molar-refractivity contribution in [2.75, 3.05) is 26.8 Å². The van der Waals surface area contributed by atoms with Crippen LogP contribution in [0.15, 0.2) is 30.3 Å². The highest BCUT2D eigenvalue weighted by Gasteiger charge is 2.21. The molecule has 15 heavy (non-hydrogen) atoms. The third-order valence-corrected chi connectivity index (χ3v) is 2.35. The summed E-state index contributed by atoms with van der Waals surface area (Å²) in [5.41, 5.74) is 0.101. The number of rotatable bonds is 6. The van der Waals surface area contributed by atoms with Gasteiger partial charge in [0.2, 0.25) is 0 Å². The summed E-state index contributed by atoms with van der Waals surface area (Å²) in [6, 6.07) is 9.66. The Labute approximate surface area is 91.1 Å². The molecule has 0 aromatic heterocycles. The highest BCUT2D eigenvalue weighted by molar-refractivity contribution is 5.21. The Morgan fingerprint density at radius 2 is 2.00 bits per heavy atom. The lowest BCUT2D eigenvalue weighted by molar-refractivity contribution is 0.0550. The quantitative estimate of drug-likeness (QED) is 0.690. The van der Waals surface area contributed by atoms with Crippen LogP contribution in [0.1, 0.15) is 12.5 Å². The minimum atomic E-state index is -0.824. The van der Waals surface area contributed by atoms with Crippen molar-refractivity contribution < 1.29 is 9.84 Å². The first-order valence-electron chi connectivity index (χ1n) is 5.14. The number of methoxy groups -OCH3 is 1. The van der Waals surface area contributed by atoms with Crippen LogP contribution < -0.4 is 5.32 Å². The van der Waals surface area contributed by atoms with Crippen LogP contribution in [0.3, 0.4) is 0 Å². The van der Waals surface area contributed by atoms with Gasteiger partial charge in [0.25, 0.3) is 0 Å². The monoisotopic (exact) mass is 209 g/mol. The van der Waals surface area contributed by atoms with Crippen LogP contribution in [0.4, 0.5) is 0 Å². The summed E-state index contributed by atoms with van der Waals surface area (Å²) in [6.45, 7) is 3.74. The van der Waals surface area contributed by atoms with Gasteiger partial charge in [-0.3, -0.25) is 0 Å². The van der Waals surface area contributed by atoms with E-state index in [2.05, 4.69) is 5.32 Å². The molecule has 2 N–H and O–H groups in total. The lowest BCUT2D eigenvalue weighted by Crippen LogP contribution is -2.36. The van der Waals surface area contributed by atoms with Crippen molar-refractivity contribution in [2.24, 2.45) is 0 Å². The minimum Gasteiger partial charge on any atom is -0.384 e. The van der Waals surface area contributed by atoms with Crippen molar-refractivity contribution in [1.82, 2.24) is 5.32 Å². The lowest BCUT2D eigenvalue weighted by Gasteiger charge is -2.24. The van der Waals surface area contributed by atoms with E-state index in [9.17, 15) is 5.11 Å². The molecule has 0 aliphatic rings. The van der Waals surface area contributed by atoms with Crippen LogP contribution in [0.5, 0.6) is 0 Å². The Morgan fingerprint density at radius 1 is 1.33 bits per heavy atom. The first-order valence-corrected chi connectivity index (χ1v) is 5.14. The Bertz CT molecular complexity index is 272. The molecular formula is C12H19NO2. The minimum absolute atomic E-state index is 0.528. The van der Waals surface area contributed by atoms with Crippen LogP contribution in [0.2, 0.25) is 0 Å². The number of aliphatic hydroxyl groups is 1. The fourth-order valence-electron chi connectivity index (χ4n) is 1.41. The molecule has 0 spiro atoms. The van der Waals surface area contributed by atoms with Crippen molar-refractivity contribution in [3.05, 3.63) is 35.9 Å². The maximum atomic E-state index is 10.2. The number of ether oxygens (including phenoxy) is 1. The molecule has 1 aromatic carbocycles. The average molecular weight is 209 g/mol. The van der Waals surface area contributed by atoms with Gasteiger partial charge in [-0.15, -0.1) is 0 Å². The fourth-order valence-corrected chi connectivity index (χ4v) is 1.41. The van der Waals surface area contributed by atoms with Gasteiger partial charge in [-0.05, 0) is 12.5 Å². The van der Waals surface area contributed by atoms with Crippen molar-refractivity contribution in [3.8, 4) is 0 Å². The predicted octanol–water partition coefficient (Wildman–Crippen LogP) is 1.13. The third kappa shape index (κ3) is 4.00. The van der Waals surface area contributed by atoms with E-state index in [1.54, 1.807) is 7.11 Å². The Kier molecular flexibility index (Phi) is 4.75. The zero-order chi connectivity index (χ0) is 11.1. The molecule has 1 atom stereocenters. The van der Waals surface area contributed by atoms with Crippen LogP contribution >= 0.6 is 0 Å². The van der Waals surface area contributed by atoms with Crippen molar-refractivity contribution >= 4 is 0 Å². The number of hydrogen-bond acceptors (Lipinski definition) is 3. The fraction of sp³-hybridized carbons (Fsp3) is 0.500. The standard InChI is InChI=1S/C12H19NO2/c1-12(14,10-13-8-9-15-2)11-6-4-3-5-7-11/h3-7,13-14H,8-10H2,1-2H3/t12-/m1/s1. The number of hydrogen-bond donors (Lipinski definition) is 2. The summed E-state index contributed by atoms with van der Waals surface area (Å²) >= 11 is 0. The molecule has 0 radical (unpaired) electrons. The van der Waals surface area contributed by atoms with Crippen molar-refractivity contribution in [2.45, 2.75) is 12.5 Å². The second kappa shape index (κ2) is 5.85. The largest absolute Gasteiger partial charge is 0.384 e. The van der Waals surface area contributed by atoms with Crippen molar-refractivity contribution in [3.63, 3.8) is 0 Å². The first kappa shape index (κ1) is 12.2. The molecule has 0 saturated carbocycles. The van der Waals surface area contributed by atoms with Crippen LogP contribution in [0, 0.1) is 0 Å². The molecule has 1 aromatic rings. The Balaban J connectivity index is 2.45. The van der Waals surface area contributed by atoms with E-state index in [0.29, 0.717) is 13.2 Å². The maximum absolute atomic E-state index is 10.2. The Hall–Kier alpha value is -0.900.